The molecule has 1 heterocycles. The second-order valence-corrected chi connectivity index (χ2v) is 6.86. The van der Waals surface area contributed by atoms with Crippen LogP contribution in [-0.2, 0) is 4.79 Å². The van der Waals surface area contributed by atoms with Gasteiger partial charge in [-0.05, 0) is 36.1 Å². The standard InChI is InChI=1S/C21H22N2O2S/c1-2-3-9-19(20(24)23-21-22-14-15-26-21)25-18-12-10-17(11-13-18)16-7-5-4-6-8-16/h4-8,10-15,19H,2-3,9H2,1H3,(H,22,23,24). The number of unbranched alkanes of at least 4 members (excludes halogenated alkanes) is 1. The summed E-state index contributed by atoms with van der Waals surface area (Å²) in [7, 11) is 0. The topological polar surface area (TPSA) is 51.2 Å². The fourth-order valence-corrected chi connectivity index (χ4v) is 3.16. The fourth-order valence-electron chi connectivity index (χ4n) is 2.62. The van der Waals surface area contributed by atoms with Crippen LogP contribution in [0, 0.1) is 0 Å². The number of rotatable bonds is 8. The number of amides is 1. The van der Waals surface area contributed by atoms with Crippen LogP contribution in [0.4, 0.5) is 5.13 Å². The number of carbonyl (C=O) groups excluding carboxylic acids is 1. The van der Waals surface area contributed by atoms with E-state index in [-0.39, 0.29) is 5.91 Å². The Bertz CT molecular complexity index is 802. The highest BCUT2D eigenvalue weighted by Gasteiger charge is 2.21. The second kappa shape index (κ2) is 9.15. The van der Waals surface area contributed by atoms with Gasteiger partial charge in [-0.15, -0.1) is 11.3 Å². The number of thiazole rings is 1. The third kappa shape index (κ3) is 4.92. The number of benzene rings is 2. The summed E-state index contributed by atoms with van der Waals surface area (Å²) in [4.78, 5) is 16.6. The molecule has 4 nitrogen and oxygen atoms in total. The molecule has 5 heteroatoms. The highest BCUT2D eigenvalue weighted by atomic mass is 32.1. The lowest BCUT2D eigenvalue weighted by Crippen LogP contribution is -2.33. The van der Waals surface area contributed by atoms with Crippen molar-refractivity contribution in [2.75, 3.05) is 5.32 Å². The number of carbonyl (C=O) groups is 1. The number of anilines is 1. The largest absolute Gasteiger partial charge is 0.481 e. The molecule has 0 aliphatic carbocycles. The highest BCUT2D eigenvalue weighted by Crippen LogP contribution is 2.23. The van der Waals surface area contributed by atoms with Gasteiger partial charge in [0.05, 0.1) is 0 Å². The lowest BCUT2D eigenvalue weighted by Gasteiger charge is -2.18. The molecule has 26 heavy (non-hydrogen) atoms. The molecule has 134 valence electrons. The second-order valence-electron chi connectivity index (χ2n) is 5.97. The van der Waals surface area contributed by atoms with Gasteiger partial charge in [0.1, 0.15) is 5.75 Å². The minimum atomic E-state index is -0.526. The maximum atomic E-state index is 12.5. The average Bonchev–Trinajstić information content (AvgIpc) is 3.19. The van der Waals surface area contributed by atoms with E-state index < -0.39 is 6.10 Å². The quantitative estimate of drug-likeness (QED) is 0.582. The zero-order chi connectivity index (χ0) is 18.2. The van der Waals surface area contributed by atoms with E-state index in [0.29, 0.717) is 17.3 Å². The Balaban J connectivity index is 1.68. The minimum Gasteiger partial charge on any atom is -0.481 e. The molecule has 0 bridgehead atoms. The van der Waals surface area contributed by atoms with Crippen molar-refractivity contribution in [2.45, 2.75) is 32.3 Å². The lowest BCUT2D eigenvalue weighted by molar-refractivity contribution is -0.123. The summed E-state index contributed by atoms with van der Waals surface area (Å²) in [6.07, 6.45) is 3.76. The third-order valence-electron chi connectivity index (χ3n) is 4.01. The Kier molecular flexibility index (Phi) is 6.39. The summed E-state index contributed by atoms with van der Waals surface area (Å²) < 4.78 is 5.98. The van der Waals surface area contributed by atoms with E-state index in [0.717, 1.165) is 24.0 Å². The van der Waals surface area contributed by atoms with Crippen LogP contribution in [0.15, 0.2) is 66.2 Å². The molecule has 2 aromatic carbocycles. The maximum Gasteiger partial charge on any atom is 0.267 e. The summed E-state index contributed by atoms with van der Waals surface area (Å²) in [5, 5.41) is 5.26. The highest BCUT2D eigenvalue weighted by molar-refractivity contribution is 7.13. The molecule has 3 rings (SSSR count). The van der Waals surface area contributed by atoms with E-state index in [1.807, 2.05) is 47.8 Å². The van der Waals surface area contributed by atoms with Gasteiger partial charge < -0.3 is 4.74 Å². The van der Waals surface area contributed by atoms with E-state index >= 15 is 0 Å². The number of hydrogen-bond donors (Lipinski definition) is 1. The van der Waals surface area contributed by atoms with Gasteiger partial charge in [0.2, 0.25) is 0 Å². The van der Waals surface area contributed by atoms with E-state index in [1.54, 1.807) is 6.20 Å². The summed E-state index contributed by atoms with van der Waals surface area (Å²) in [5.74, 6) is 0.542. The molecule has 1 amide bonds. The predicted molar refractivity (Wildman–Crippen MR) is 107 cm³/mol. The van der Waals surface area contributed by atoms with Crippen LogP contribution < -0.4 is 10.1 Å². The van der Waals surface area contributed by atoms with E-state index in [1.165, 1.54) is 11.3 Å². The first-order chi connectivity index (χ1) is 12.8. The lowest BCUT2D eigenvalue weighted by atomic mass is 10.1. The molecule has 3 aromatic rings. The summed E-state index contributed by atoms with van der Waals surface area (Å²) in [5.41, 5.74) is 2.28. The molecule has 0 radical (unpaired) electrons. The molecule has 1 unspecified atom stereocenters. The summed E-state index contributed by atoms with van der Waals surface area (Å²) >= 11 is 1.40. The van der Waals surface area contributed by atoms with Gasteiger partial charge >= 0.3 is 0 Å². The Labute approximate surface area is 157 Å². The molecular formula is C21H22N2O2S. The molecule has 0 saturated carbocycles. The number of aromatic nitrogens is 1. The van der Waals surface area contributed by atoms with Gasteiger partial charge in [-0.25, -0.2) is 4.98 Å². The van der Waals surface area contributed by atoms with Crippen LogP contribution in [0.25, 0.3) is 11.1 Å². The Morgan fingerprint density at radius 3 is 2.50 bits per heavy atom. The monoisotopic (exact) mass is 366 g/mol. The predicted octanol–water partition coefficient (Wildman–Crippen LogP) is 5.39. The molecule has 1 N–H and O–H groups in total. The van der Waals surface area contributed by atoms with Gasteiger partial charge in [0.15, 0.2) is 11.2 Å². The zero-order valence-corrected chi connectivity index (χ0v) is 15.5. The fraction of sp³-hybridized carbons (Fsp3) is 0.238. The first kappa shape index (κ1) is 18.1. The van der Waals surface area contributed by atoms with Crippen LogP contribution in [0.3, 0.4) is 0 Å². The zero-order valence-electron chi connectivity index (χ0n) is 14.7. The van der Waals surface area contributed by atoms with Crippen molar-refractivity contribution < 1.29 is 9.53 Å². The van der Waals surface area contributed by atoms with Crippen molar-refractivity contribution in [1.29, 1.82) is 0 Å². The van der Waals surface area contributed by atoms with Crippen LogP contribution in [-0.4, -0.2) is 17.0 Å². The van der Waals surface area contributed by atoms with E-state index in [4.69, 9.17) is 4.74 Å². The Morgan fingerprint density at radius 2 is 1.85 bits per heavy atom. The van der Waals surface area contributed by atoms with Gasteiger partial charge in [-0.1, -0.05) is 55.8 Å². The SMILES string of the molecule is CCCCC(Oc1ccc(-c2ccccc2)cc1)C(=O)Nc1nccs1. The van der Waals surface area contributed by atoms with Crippen molar-refractivity contribution in [2.24, 2.45) is 0 Å². The number of hydrogen-bond acceptors (Lipinski definition) is 4. The number of nitrogens with zero attached hydrogens (tertiary/aromatic N) is 1. The normalized spacial score (nSPS) is 11.7. The summed E-state index contributed by atoms with van der Waals surface area (Å²) in [6, 6.07) is 18.0. The van der Waals surface area contributed by atoms with Gasteiger partial charge in [-0.2, -0.15) is 0 Å². The molecule has 0 saturated heterocycles. The van der Waals surface area contributed by atoms with Crippen molar-refractivity contribution >= 4 is 22.4 Å². The number of ether oxygens (including phenoxy) is 1. The van der Waals surface area contributed by atoms with Crippen molar-refractivity contribution in [3.8, 4) is 16.9 Å². The first-order valence-electron chi connectivity index (χ1n) is 8.78. The van der Waals surface area contributed by atoms with E-state index in [9.17, 15) is 4.79 Å². The first-order valence-corrected chi connectivity index (χ1v) is 9.66. The van der Waals surface area contributed by atoms with Crippen LogP contribution in [0.1, 0.15) is 26.2 Å². The third-order valence-corrected chi connectivity index (χ3v) is 4.70. The van der Waals surface area contributed by atoms with E-state index in [2.05, 4.69) is 29.4 Å². The summed E-state index contributed by atoms with van der Waals surface area (Å²) in [6.45, 7) is 2.10. The molecule has 0 aliphatic rings. The maximum absolute atomic E-state index is 12.5. The Hall–Kier alpha value is -2.66. The average molecular weight is 366 g/mol. The molecule has 1 aromatic heterocycles. The molecule has 0 fully saturated rings. The van der Waals surface area contributed by atoms with Crippen molar-refractivity contribution in [1.82, 2.24) is 4.98 Å². The van der Waals surface area contributed by atoms with Crippen LogP contribution >= 0.6 is 11.3 Å². The van der Waals surface area contributed by atoms with Gasteiger partial charge in [-0.3, -0.25) is 10.1 Å². The van der Waals surface area contributed by atoms with Crippen LogP contribution in [0.5, 0.6) is 5.75 Å². The Morgan fingerprint density at radius 1 is 1.12 bits per heavy atom. The minimum absolute atomic E-state index is 0.152. The van der Waals surface area contributed by atoms with Gasteiger partial charge in [0, 0.05) is 11.6 Å². The molecule has 1 atom stereocenters. The molecule has 0 aliphatic heterocycles. The molecule has 0 spiro atoms. The van der Waals surface area contributed by atoms with Gasteiger partial charge in [0.25, 0.3) is 5.91 Å². The van der Waals surface area contributed by atoms with Crippen molar-refractivity contribution in [3.05, 3.63) is 66.2 Å². The van der Waals surface area contributed by atoms with Crippen LogP contribution in [0.2, 0.25) is 0 Å². The molecular weight excluding hydrogens is 344 g/mol. The number of nitrogens with one attached hydrogen (secondary N) is 1. The van der Waals surface area contributed by atoms with Crippen molar-refractivity contribution in [3.63, 3.8) is 0 Å². The smallest absolute Gasteiger partial charge is 0.267 e.